The van der Waals surface area contributed by atoms with Gasteiger partial charge < -0.3 is 9.13 Å². The van der Waals surface area contributed by atoms with Crippen molar-refractivity contribution >= 4 is 43.6 Å². The van der Waals surface area contributed by atoms with Crippen molar-refractivity contribution in [1.82, 2.24) is 19.1 Å². The van der Waals surface area contributed by atoms with Crippen LogP contribution in [0.4, 0.5) is 0 Å². The molecule has 10 rings (SSSR count). The number of para-hydroxylation sites is 3. The van der Waals surface area contributed by atoms with E-state index < -0.39 is 0 Å². The Morgan fingerprint density at radius 3 is 1.54 bits per heavy atom. The van der Waals surface area contributed by atoms with Crippen LogP contribution in [0.5, 0.6) is 0 Å². The fraction of sp³-hybridized carbons (Fsp3) is 0. The smallest absolute Gasteiger partial charge is 0.0725 e. The zero-order valence-corrected chi connectivity index (χ0v) is 27.1. The first kappa shape index (κ1) is 28.3. The van der Waals surface area contributed by atoms with Crippen molar-refractivity contribution in [3.63, 3.8) is 0 Å². The molecule has 4 aromatic heterocycles. The van der Waals surface area contributed by atoms with Crippen LogP contribution in [0, 0.1) is 0 Å². The van der Waals surface area contributed by atoms with Gasteiger partial charge in [0.2, 0.25) is 0 Å². The Bertz CT molecular complexity index is 2860. The molecule has 0 saturated heterocycles. The summed E-state index contributed by atoms with van der Waals surface area (Å²) < 4.78 is 4.74. The van der Waals surface area contributed by atoms with Crippen molar-refractivity contribution in [2.45, 2.75) is 0 Å². The Morgan fingerprint density at radius 2 is 0.880 bits per heavy atom. The predicted molar refractivity (Wildman–Crippen MR) is 207 cm³/mol. The van der Waals surface area contributed by atoms with Crippen molar-refractivity contribution < 1.29 is 0 Å². The third-order valence-corrected chi connectivity index (χ3v) is 9.80. The summed E-state index contributed by atoms with van der Waals surface area (Å²) in [6, 6.07) is 60.7. The Labute approximate surface area is 289 Å². The molecule has 50 heavy (non-hydrogen) atoms. The molecule has 0 N–H and O–H groups in total. The van der Waals surface area contributed by atoms with Crippen molar-refractivity contribution in [3.05, 3.63) is 182 Å². The van der Waals surface area contributed by atoms with Gasteiger partial charge in [0.1, 0.15) is 0 Å². The minimum absolute atomic E-state index is 0.910. The molecule has 0 spiro atoms. The highest BCUT2D eigenvalue weighted by atomic mass is 15.0. The maximum atomic E-state index is 5.01. The summed E-state index contributed by atoms with van der Waals surface area (Å²) in [6.45, 7) is 0. The molecule has 10 aromatic rings. The van der Waals surface area contributed by atoms with E-state index in [-0.39, 0.29) is 0 Å². The van der Waals surface area contributed by atoms with Gasteiger partial charge in [0.15, 0.2) is 0 Å². The molecule has 0 aliphatic rings. The zero-order chi connectivity index (χ0) is 33.0. The molecule has 0 aliphatic carbocycles. The van der Waals surface area contributed by atoms with Crippen molar-refractivity contribution in [3.8, 4) is 45.0 Å². The molecule has 0 amide bonds. The molecule has 0 saturated carbocycles. The monoisotopic (exact) mass is 638 g/mol. The van der Waals surface area contributed by atoms with E-state index in [1.54, 1.807) is 6.20 Å². The summed E-state index contributed by atoms with van der Waals surface area (Å²) in [6.07, 6.45) is 3.64. The minimum Gasteiger partial charge on any atom is -0.309 e. The van der Waals surface area contributed by atoms with Crippen molar-refractivity contribution in [1.29, 1.82) is 0 Å². The lowest BCUT2D eigenvalue weighted by atomic mass is 10.0. The molecule has 4 heterocycles. The van der Waals surface area contributed by atoms with Gasteiger partial charge in [-0.2, -0.15) is 0 Å². The fourth-order valence-electron chi connectivity index (χ4n) is 7.51. The molecule has 0 unspecified atom stereocenters. The van der Waals surface area contributed by atoms with Crippen molar-refractivity contribution in [2.75, 3.05) is 0 Å². The van der Waals surface area contributed by atoms with Gasteiger partial charge in [-0.05, 0) is 96.1 Å². The average molecular weight is 639 g/mol. The Balaban J connectivity index is 1.10. The van der Waals surface area contributed by atoms with Crippen molar-refractivity contribution in [2.24, 2.45) is 0 Å². The lowest BCUT2D eigenvalue weighted by molar-refractivity contribution is 1.18. The summed E-state index contributed by atoms with van der Waals surface area (Å²) in [7, 11) is 0. The lowest BCUT2D eigenvalue weighted by Gasteiger charge is -2.11. The van der Waals surface area contributed by atoms with Gasteiger partial charge in [-0.3, -0.25) is 4.98 Å². The maximum Gasteiger partial charge on any atom is 0.0725 e. The highest BCUT2D eigenvalue weighted by Gasteiger charge is 2.16. The highest BCUT2D eigenvalue weighted by molar-refractivity contribution is 6.12. The highest BCUT2D eigenvalue weighted by Crippen LogP contribution is 2.38. The van der Waals surface area contributed by atoms with Gasteiger partial charge in [0, 0.05) is 56.4 Å². The first-order valence-electron chi connectivity index (χ1n) is 16.9. The van der Waals surface area contributed by atoms with Crippen LogP contribution < -0.4 is 0 Å². The van der Waals surface area contributed by atoms with E-state index in [4.69, 9.17) is 4.98 Å². The van der Waals surface area contributed by atoms with Crippen LogP contribution in [0.25, 0.3) is 88.6 Å². The van der Waals surface area contributed by atoms with E-state index in [0.29, 0.717) is 0 Å². The number of fused-ring (bicyclic) bond motifs is 6. The number of aromatic nitrogens is 4. The number of hydrogen-bond acceptors (Lipinski definition) is 2. The predicted octanol–water partition coefficient (Wildman–Crippen LogP) is 11.7. The quantitative estimate of drug-likeness (QED) is 0.188. The minimum atomic E-state index is 0.910. The molecule has 234 valence electrons. The van der Waals surface area contributed by atoms with Gasteiger partial charge in [-0.15, -0.1) is 0 Å². The number of pyridine rings is 2. The second-order valence-electron chi connectivity index (χ2n) is 12.7. The summed E-state index contributed by atoms with van der Waals surface area (Å²) in [4.78, 5) is 9.30. The van der Waals surface area contributed by atoms with Crippen LogP contribution in [-0.4, -0.2) is 19.1 Å². The Kier molecular flexibility index (Phi) is 6.46. The average Bonchev–Trinajstić information content (AvgIpc) is 3.71. The van der Waals surface area contributed by atoms with Gasteiger partial charge in [-0.25, -0.2) is 4.98 Å². The normalized spacial score (nSPS) is 11.6. The number of benzene rings is 6. The first-order chi connectivity index (χ1) is 24.8. The molecule has 4 nitrogen and oxygen atoms in total. The van der Waals surface area contributed by atoms with Gasteiger partial charge in [0.05, 0.1) is 33.5 Å². The summed E-state index contributed by atoms with van der Waals surface area (Å²) in [5.41, 5.74) is 13.4. The summed E-state index contributed by atoms with van der Waals surface area (Å²) in [5, 5.41) is 4.97. The molecule has 0 radical (unpaired) electrons. The van der Waals surface area contributed by atoms with Crippen LogP contribution >= 0.6 is 0 Å². The van der Waals surface area contributed by atoms with Gasteiger partial charge >= 0.3 is 0 Å². The summed E-state index contributed by atoms with van der Waals surface area (Å²) in [5.74, 6) is 0. The maximum absolute atomic E-state index is 5.01. The largest absolute Gasteiger partial charge is 0.309 e. The van der Waals surface area contributed by atoms with E-state index in [0.717, 1.165) is 28.2 Å². The molecule has 0 bridgehead atoms. The standard InChI is InChI=1S/C46H30N4/c1-2-13-35(14-3-1)49-43-20-6-4-16-37(43)39-28-31(22-24-45(39)49)32-23-25-46-40(29-32)38-17-5-7-21-44(38)50(46)36-15-8-11-33(27-36)41-18-9-19-42(48-41)34-12-10-26-47-30-34/h1-30H. The number of rotatable bonds is 5. The number of hydrogen-bond donors (Lipinski definition) is 0. The van der Waals surface area contributed by atoms with Crippen LogP contribution in [0.1, 0.15) is 0 Å². The van der Waals surface area contributed by atoms with E-state index >= 15 is 0 Å². The first-order valence-corrected chi connectivity index (χ1v) is 16.9. The molecular weight excluding hydrogens is 609 g/mol. The number of nitrogens with zero attached hydrogens (tertiary/aromatic N) is 4. The third kappa shape index (κ3) is 4.54. The van der Waals surface area contributed by atoms with Crippen LogP contribution in [0.2, 0.25) is 0 Å². The van der Waals surface area contributed by atoms with Crippen LogP contribution in [-0.2, 0) is 0 Å². The molecular formula is C46H30N4. The van der Waals surface area contributed by atoms with E-state index in [9.17, 15) is 0 Å². The SMILES string of the molecule is c1ccc(-n2c3ccccc3c3cc(-c4ccc5c(c4)c4ccccc4n5-c4cccc(-c5cccc(-c6cccnc6)n5)c4)ccc32)cc1. The second-order valence-corrected chi connectivity index (χ2v) is 12.7. The topological polar surface area (TPSA) is 35.6 Å². The van der Waals surface area contributed by atoms with E-state index in [1.165, 1.54) is 60.4 Å². The van der Waals surface area contributed by atoms with Crippen LogP contribution in [0.15, 0.2) is 182 Å². The lowest BCUT2D eigenvalue weighted by Crippen LogP contribution is -1.95. The zero-order valence-electron chi connectivity index (χ0n) is 27.1. The summed E-state index contributed by atoms with van der Waals surface area (Å²) >= 11 is 0. The van der Waals surface area contributed by atoms with E-state index in [2.05, 4.69) is 166 Å². The van der Waals surface area contributed by atoms with Gasteiger partial charge in [0.25, 0.3) is 0 Å². The second kappa shape index (κ2) is 11.4. The third-order valence-electron chi connectivity index (χ3n) is 9.80. The molecule has 0 atom stereocenters. The van der Waals surface area contributed by atoms with Crippen LogP contribution in [0.3, 0.4) is 0 Å². The molecule has 0 aliphatic heterocycles. The fourth-order valence-corrected chi connectivity index (χ4v) is 7.51. The Hall–Kier alpha value is -6.78. The molecule has 0 fully saturated rings. The van der Waals surface area contributed by atoms with E-state index in [1.807, 2.05) is 24.4 Å². The molecule has 6 aromatic carbocycles. The van der Waals surface area contributed by atoms with Gasteiger partial charge in [-0.1, -0.05) is 84.9 Å². The molecule has 4 heteroatoms. The Morgan fingerprint density at radius 1 is 0.340 bits per heavy atom.